The first-order chi connectivity index (χ1) is 12.0. The smallest absolute Gasteiger partial charge is 0.319 e. The predicted octanol–water partition coefficient (Wildman–Crippen LogP) is 4.26. The summed E-state index contributed by atoms with van der Waals surface area (Å²) in [6, 6.07) is 13.0. The number of amides is 3. The minimum atomic E-state index is -0.589. The minimum Gasteiger partial charge on any atom is -0.327 e. The van der Waals surface area contributed by atoms with Crippen LogP contribution in [0.3, 0.4) is 0 Å². The minimum absolute atomic E-state index is 0.349. The molecule has 0 saturated carbocycles. The van der Waals surface area contributed by atoms with Crippen LogP contribution in [0.5, 0.6) is 0 Å². The zero-order chi connectivity index (χ0) is 18.0. The van der Waals surface area contributed by atoms with Gasteiger partial charge in [-0.2, -0.15) is 0 Å². The first kappa shape index (κ1) is 17.3. The number of carbonyl (C=O) groups is 2. The maximum atomic E-state index is 12.8. The number of hydrogen-bond donors (Lipinski definition) is 3. The summed E-state index contributed by atoms with van der Waals surface area (Å²) >= 11 is 12.0. The molecular formula is C18H15Cl2N3O2. The van der Waals surface area contributed by atoms with Gasteiger partial charge in [0.25, 0.3) is 5.91 Å². The normalized spacial score (nSPS) is 16.9. The van der Waals surface area contributed by atoms with Gasteiger partial charge in [-0.15, -0.1) is 0 Å². The van der Waals surface area contributed by atoms with Crippen molar-refractivity contribution >= 4 is 40.8 Å². The van der Waals surface area contributed by atoms with E-state index in [1.165, 1.54) is 0 Å². The number of halogens is 2. The van der Waals surface area contributed by atoms with E-state index in [1.807, 2.05) is 0 Å². The molecule has 128 valence electrons. The molecule has 3 amide bonds. The van der Waals surface area contributed by atoms with Gasteiger partial charge >= 0.3 is 6.03 Å². The summed E-state index contributed by atoms with van der Waals surface area (Å²) in [6.45, 7) is 1.68. The predicted molar refractivity (Wildman–Crippen MR) is 98.6 cm³/mol. The van der Waals surface area contributed by atoms with Crippen molar-refractivity contribution in [1.29, 1.82) is 0 Å². The van der Waals surface area contributed by atoms with E-state index in [-0.39, 0.29) is 11.9 Å². The summed E-state index contributed by atoms with van der Waals surface area (Å²) < 4.78 is 0. The molecule has 2 aromatic carbocycles. The lowest BCUT2D eigenvalue weighted by Crippen LogP contribution is -2.45. The van der Waals surface area contributed by atoms with Crippen molar-refractivity contribution in [1.82, 2.24) is 10.6 Å². The van der Waals surface area contributed by atoms with Crippen LogP contribution in [0.4, 0.5) is 10.5 Å². The number of anilines is 1. The van der Waals surface area contributed by atoms with Crippen LogP contribution in [0.2, 0.25) is 10.0 Å². The first-order valence-electron chi connectivity index (χ1n) is 7.55. The van der Waals surface area contributed by atoms with E-state index in [0.29, 0.717) is 27.0 Å². The quantitative estimate of drug-likeness (QED) is 0.749. The summed E-state index contributed by atoms with van der Waals surface area (Å²) in [7, 11) is 0. The van der Waals surface area contributed by atoms with Crippen LogP contribution < -0.4 is 16.0 Å². The van der Waals surface area contributed by atoms with Gasteiger partial charge < -0.3 is 16.0 Å². The van der Waals surface area contributed by atoms with E-state index in [0.717, 1.165) is 5.56 Å². The molecule has 0 radical (unpaired) electrons. The molecule has 1 heterocycles. The molecule has 5 nitrogen and oxygen atoms in total. The molecular weight excluding hydrogens is 361 g/mol. The standard InChI is InChI=1S/C18H15Cl2N3O2/c1-10-15(17(24)22-14-5-3-2-4-13(14)20)16(23-18(25)21-10)11-6-8-12(19)9-7-11/h2-9,16H,1H3,(H,22,24)(H2,21,23,25)/t16-/m1/s1. The molecule has 0 fully saturated rings. The van der Waals surface area contributed by atoms with E-state index in [1.54, 1.807) is 55.5 Å². The number of hydrogen-bond acceptors (Lipinski definition) is 2. The van der Waals surface area contributed by atoms with Gasteiger partial charge in [0.2, 0.25) is 0 Å². The molecule has 0 saturated heterocycles. The number of para-hydroxylation sites is 1. The van der Waals surface area contributed by atoms with E-state index < -0.39 is 6.04 Å². The Balaban J connectivity index is 1.96. The summed E-state index contributed by atoms with van der Waals surface area (Å²) in [5, 5.41) is 9.20. The Morgan fingerprint density at radius 1 is 1.08 bits per heavy atom. The maximum Gasteiger partial charge on any atom is 0.319 e. The second-order valence-electron chi connectivity index (χ2n) is 5.56. The lowest BCUT2D eigenvalue weighted by molar-refractivity contribution is -0.113. The van der Waals surface area contributed by atoms with Gasteiger partial charge in [-0.3, -0.25) is 4.79 Å². The van der Waals surface area contributed by atoms with Gasteiger partial charge in [0.15, 0.2) is 0 Å². The molecule has 0 aliphatic carbocycles. The lowest BCUT2D eigenvalue weighted by atomic mass is 9.95. The van der Waals surface area contributed by atoms with E-state index in [4.69, 9.17) is 23.2 Å². The molecule has 3 N–H and O–H groups in total. The van der Waals surface area contributed by atoms with Crippen molar-refractivity contribution in [3.8, 4) is 0 Å². The monoisotopic (exact) mass is 375 g/mol. The van der Waals surface area contributed by atoms with E-state index in [9.17, 15) is 9.59 Å². The third kappa shape index (κ3) is 3.78. The Kier molecular flexibility index (Phi) is 4.97. The first-order valence-corrected chi connectivity index (χ1v) is 8.31. The number of carbonyl (C=O) groups excluding carboxylic acids is 2. The zero-order valence-electron chi connectivity index (χ0n) is 13.3. The highest BCUT2D eigenvalue weighted by Crippen LogP contribution is 2.29. The van der Waals surface area contributed by atoms with Crippen LogP contribution in [0.25, 0.3) is 0 Å². The van der Waals surface area contributed by atoms with Crippen molar-refractivity contribution < 1.29 is 9.59 Å². The number of rotatable bonds is 3. The van der Waals surface area contributed by atoms with Crippen LogP contribution >= 0.6 is 23.2 Å². The molecule has 0 bridgehead atoms. The summed E-state index contributed by atoms with van der Waals surface area (Å²) in [5.74, 6) is -0.349. The molecule has 0 aromatic heterocycles. The Bertz CT molecular complexity index is 863. The number of nitrogens with one attached hydrogen (secondary N) is 3. The fraction of sp³-hybridized carbons (Fsp3) is 0.111. The maximum absolute atomic E-state index is 12.8. The van der Waals surface area contributed by atoms with Crippen LogP contribution in [-0.4, -0.2) is 11.9 Å². The second kappa shape index (κ2) is 7.17. The van der Waals surface area contributed by atoms with Crippen LogP contribution in [-0.2, 0) is 4.79 Å². The molecule has 0 unspecified atom stereocenters. The molecule has 1 aliphatic heterocycles. The largest absolute Gasteiger partial charge is 0.327 e. The Morgan fingerprint density at radius 2 is 1.76 bits per heavy atom. The van der Waals surface area contributed by atoms with E-state index >= 15 is 0 Å². The molecule has 0 spiro atoms. The molecule has 3 rings (SSSR count). The Morgan fingerprint density at radius 3 is 2.44 bits per heavy atom. The number of benzene rings is 2. The van der Waals surface area contributed by atoms with Gasteiger partial charge in [-0.1, -0.05) is 47.5 Å². The highest BCUT2D eigenvalue weighted by atomic mass is 35.5. The van der Waals surface area contributed by atoms with E-state index in [2.05, 4.69) is 16.0 Å². The Hall–Kier alpha value is -2.50. The third-order valence-corrected chi connectivity index (χ3v) is 4.42. The van der Waals surface area contributed by atoms with Gasteiger partial charge in [0.1, 0.15) is 0 Å². The van der Waals surface area contributed by atoms with Crippen molar-refractivity contribution in [2.45, 2.75) is 13.0 Å². The van der Waals surface area contributed by atoms with Gasteiger partial charge in [0, 0.05) is 10.7 Å². The van der Waals surface area contributed by atoms with Gasteiger partial charge in [0.05, 0.1) is 22.3 Å². The fourth-order valence-electron chi connectivity index (χ4n) is 2.65. The average molecular weight is 376 g/mol. The molecule has 1 aliphatic rings. The number of allylic oxidation sites excluding steroid dienone is 1. The molecule has 2 aromatic rings. The highest BCUT2D eigenvalue weighted by Gasteiger charge is 2.31. The SMILES string of the molecule is CC1=C(C(=O)Nc2ccccc2Cl)[C@@H](c2ccc(Cl)cc2)NC(=O)N1. The van der Waals surface area contributed by atoms with Crippen molar-refractivity contribution in [2.75, 3.05) is 5.32 Å². The van der Waals surface area contributed by atoms with Crippen molar-refractivity contribution in [3.63, 3.8) is 0 Å². The van der Waals surface area contributed by atoms with Crippen LogP contribution in [0.1, 0.15) is 18.5 Å². The van der Waals surface area contributed by atoms with Gasteiger partial charge in [-0.05, 0) is 36.8 Å². The lowest BCUT2D eigenvalue weighted by Gasteiger charge is -2.28. The second-order valence-corrected chi connectivity index (χ2v) is 6.40. The van der Waals surface area contributed by atoms with Crippen molar-refractivity contribution in [3.05, 3.63) is 75.4 Å². The van der Waals surface area contributed by atoms with Crippen LogP contribution in [0, 0.1) is 0 Å². The van der Waals surface area contributed by atoms with Gasteiger partial charge in [-0.25, -0.2) is 4.79 Å². The topological polar surface area (TPSA) is 70.2 Å². The zero-order valence-corrected chi connectivity index (χ0v) is 14.8. The third-order valence-electron chi connectivity index (χ3n) is 3.84. The fourth-order valence-corrected chi connectivity index (χ4v) is 2.96. The average Bonchev–Trinajstić information content (AvgIpc) is 2.57. The number of urea groups is 1. The Labute approximate surface area is 155 Å². The van der Waals surface area contributed by atoms with Crippen LogP contribution in [0.15, 0.2) is 59.8 Å². The van der Waals surface area contributed by atoms with Crippen molar-refractivity contribution in [2.24, 2.45) is 0 Å². The molecule has 25 heavy (non-hydrogen) atoms. The summed E-state index contributed by atoms with van der Waals surface area (Å²) in [5.41, 5.74) is 2.14. The summed E-state index contributed by atoms with van der Waals surface area (Å²) in [4.78, 5) is 24.7. The molecule has 7 heteroatoms. The highest BCUT2D eigenvalue weighted by molar-refractivity contribution is 6.34. The molecule has 1 atom stereocenters. The summed E-state index contributed by atoms with van der Waals surface area (Å²) in [6.07, 6.45) is 0.